The molecule has 0 fully saturated rings. The first-order chi connectivity index (χ1) is 4.33. The summed E-state index contributed by atoms with van der Waals surface area (Å²) < 4.78 is 4.88. The van der Waals surface area contributed by atoms with Crippen LogP contribution in [0.1, 0.15) is 20.8 Å². The maximum absolute atomic E-state index is 10.8. The second kappa shape index (κ2) is 3.10. The predicted molar refractivity (Wildman–Crippen MR) is 44.0 cm³/mol. The molecule has 0 aliphatic carbocycles. The van der Waals surface area contributed by atoms with Gasteiger partial charge in [0, 0.05) is 0 Å². The number of thiol groups is 1. The van der Waals surface area contributed by atoms with Crippen LogP contribution in [0.3, 0.4) is 0 Å². The van der Waals surface area contributed by atoms with Gasteiger partial charge in [0.1, 0.15) is 5.60 Å². The molecule has 0 aliphatic heterocycles. The third kappa shape index (κ3) is 4.44. The van der Waals surface area contributed by atoms with Gasteiger partial charge in [-0.15, -0.1) is 12.6 Å². The van der Waals surface area contributed by atoms with Crippen LogP contribution in [0.2, 0.25) is 0 Å². The Bertz CT molecular complexity index is 155. The normalized spacial score (nSPS) is 10.8. The van der Waals surface area contributed by atoms with E-state index in [0.29, 0.717) is 0 Å². The predicted octanol–water partition coefficient (Wildman–Crippen LogP) is 1.77. The molecule has 10 heavy (non-hydrogen) atoms. The van der Waals surface area contributed by atoms with Gasteiger partial charge < -0.3 is 4.74 Å². The van der Waals surface area contributed by atoms with Crippen LogP contribution in [-0.4, -0.2) is 11.6 Å². The summed E-state index contributed by atoms with van der Waals surface area (Å²) >= 11 is 3.74. The SMILES string of the molecule is C=C(S)C(=O)OC(C)(C)C. The van der Waals surface area contributed by atoms with Gasteiger partial charge >= 0.3 is 5.97 Å². The molecule has 0 saturated carbocycles. The third-order valence-electron chi connectivity index (χ3n) is 0.635. The molecule has 3 heteroatoms. The molecule has 0 atom stereocenters. The average molecular weight is 160 g/mol. The zero-order chi connectivity index (χ0) is 8.36. The van der Waals surface area contributed by atoms with E-state index < -0.39 is 11.6 Å². The number of rotatable bonds is 1. The number of carbonyl (C=O) groups excluding carboxylic acids is 1. The van der Waals surface area contributed by atoms with Gasteiger partial charge in [0.25, 0.3) is 0 Å². The topological polar surface area (TPSA) is 26.3 Å². The minimum atomic E-state index is -0.462. The van der Waals surface area contributed by atoms with Gasteiger partial charge in [-0.3, -0.25) is 0 Å². The van der Waals surface area contributed by atoms with Gasteiger partial charge in [-0.2, -0.15) is 0 Å². The van der Waals surface area contributed by atoms with E-state index in [4.69, 9.17) is 4.74 Å². The van der Waals surface area contributed by atoms with E-state index in [9.17, 15) is 4.79 Å². The van der Waals surface area contributed by atoms with Crippen molar-refractivity contribution in [3.05, 3.63) is 11.5 Å². The van der Waals surface area contributed by atoms with Crippen molar-refractivity contribution in [2.45, 2.75) is 26.4 Å². The fourth-order valence-electron chi connectivity index (χ4n) is 0.337. The van der Waals surface area contributed by atoms with Crippen LogP contribution in [0, 0.1) is 0 Å². The number of esters is 1. The summed E-state index contributed by atoms with van der Waals surface area (Å²) in [6.45, 7) is 8.71. The Morgan fingerprint density at radius 3 is 2.00 bits per heavy atom. The maximum atomic E-state index is 10.8. The molecule has 0 amide bonds. The molecule has 0 unspecified atom stereocenters. The molecule has 2 nitrogen and oxygen atoms in total. The smallest absolute Gasteiger partial charge is 0.344 e. The van der Waals surface area contributed by atoms with Crippen molar-refractivity contribution in [1.82, 2.24) is 0 Å². The standard InChI is InChI=1S/C7H12O2S/c1-5(10)6(8)9-7(2,3)4/h10H,1H2,2-4H3. The molecule has 0 radical (unpaired) electrons. The molecular formula is C7H12O2S. The van der Waals surface area contributed by atoms with Crippen molar-refractivity contribution in [2.24, 2.45) is 0 Å². The second-order valence-corrected chi connectivity index (χ2v) is 3.49. The molecule has 0 aromatic heterocycles. The van der Waals surface area contributed by atoms with Crippen LogP contribution in [0.15, 0.2) is 11.5 Å². The van der Waals surface area contributed by atoms with Gasteiger partial charge in [0.15, 0.2) is 0 Å². The molecule has 0 saturated heterocycles. The molecule has 0 rings (SSSR count). The van der Waals surface area contributed by atoms with E-state index >= 15 is 0 Å². The Balaban J connectivity index is 3.93. The highest BCUT2D eigenvalue weighted by molar-refractivity contribution is 7.85. The average Bonchev–Trinajstić information content (AvgIpc) is 1.60. The quantitative estimate of drug-likeness (QED) is 0.359. The monoisotopic (exact) mass is 160 g/mol. The molecule has 0 spiro atoms. The minimum absolute atomic E-state index is 0.134. The van der Waals surface area contributed by atoms with Crippen LogP contribution in [0.5, 0.6) is 0 Å². The Hall–Kier alpha value is -0.440. The minimum Gasteiger partial charge on any atom is -0.456 e. The number of ether oxygens (including phenoxy) is 1. The van der Waals surface area contributed by atoms with Crippen molar-refractivity contribution in [3.8, 4) is 0 Å². The maximum Gasteiger partial charge on any atom is 0.344 e. The molecule has 0 aliphatic rings. The second-order valence-electron chi connectivity index (χ2n) is 2.95. The summed E-state index contributed by atoms with van der Waals surface area (Å²) in [5, 5.41) is 0. The summed E-state index contributed by atoms with van der Waals surface area (Å²) in [5.74, 6) is -0.462. The van der Waals surface area contributed by atoms with E-state index in [-0.39, 0.29) is 4.91 Å². The van der Waals surface area contributed by atoms with Crippen molar-refractivity contribution in [3.63, 3.8) is 0 Å². The largest absolute Gasteiger partial charge is 0.456 e. The van der Waals surface area contributed by atoms with Gasteiger partial charge in [-0.25, -0.2) is 4.79 Å². The van der Waals surface area contributed by atoms with Crippen LogP contribution in [-0.2, 0) is 9.53 Å². The zero-order valence-electron chi connectivity index (χ0n) is 6.47. The fourth-order valence-corrected chi connectivity index (χ4v) is 0.383. The lowest BCUT2D eigenvalue weighted by Gasteiger charge is -2.18. The van der Waals surface area contributed by atoms with Crippen molar-refractivity contribution < 1.29 is 9.53 Å². The van der Waals surface area contributed by atoms with Gasteiger partial charge in [-0.1, -0.05) is 6.58 Å². The first-order valence-electron chi connectivity index (χ1n) is 2.94. The number of carbonyl (C=O) groups is 1. The summed E-state index contributed by atoms with van der Waals surface area (Å²) in [4.78, 5) is 10.9. The molecule has 0 aromatic rings. The lowest BCUT2D eigenvalue weighted by Crippen LogP contribution is -2.23. The molecule has 58 valence electrons. The molecule has 0 N–H and O–H groups in total. The van der Waals surface area contributed by atoms with E-state index in [1.54, 1.807) is 20.8 Å². The van der Waals surface area contributed by atoms with Crippen molar-refractivity contribution >= 4 is 18.6 Å². The molecular weight excluding hydrogens is 148 g/mol. The van der Waals surface area contributed by atoms with Gasteiger partial charge in [-0.05, 0) is 20.8 Å². The summed E-state index contributed by atoms with van der Waals surface area (Å²) in [6.07, 6.45) is 0. The van der Waals surface area contributed by atoms with E-state index in [1.165, 1.54) is 0 Å². The third-order valence-corrected chi connectivity index (χ3v) is 0.817. The van der Waals surface area contributed by atoms with Gasteiger partial charge in [0.2, 0.25) is 0 Å². The highest BCUT2D eigenvalue weighted by atomic mass is 32.1. The first-order valence-corrected chi connectivity index (χ1v) is 3.39. The highest BCUT2D eigenvalue weighted by Gasteiger charge is 2.16. The summed E-state index contributed by atoms with van der Waals surface area (Å²) in [7, 11) is 0. The fraction of sp³-hybridized carbons (Fsp3) is 0.571. The van der Waals surface area contributed by atoms with Gasteiger partial charge in [0.05, 0.1) is 4.91 Å². The van der Waals surface area contributed by atoms with Crippen molar-refractivity contribution in [2.75, 3.05) is 0 Å². The number of hydrogen-bond acceptors (Lipinski definition) is 3. The van der Waals surface area contributed by atoms with E-state index in [2.05, 4.69) is 19.2 Å². The Kier molecular flexibility index (Phi) is 2.96. The zero-order valence-corrected chi connectivity index (χ0v) is 7.37. The molecule has 0 bridgehead atoms. The first kappa shape index (κ1) is 9.56. The Morgan fingerprint density at radius 2 is 1.90 bits per heavy atom. The van der Waals surface area contributed by atoms with Crippen LogP contribution < -0.4 is 0 Å². The summed E-state index contributed by atoms with van der Waals surface area (Å²) in [6, 6.07) is 0. The van der Waals surface area contributed by atoms with E-state index in [0.717, 1.165) is 0 Å². The van der Waals surface area contributed by atoms with Crippen LogP contribution in [0.25, 0.3) is 0 Å². The summed E-state index contributed by atoms with van der Waals surface area (Å²) in [5.41, 5.74) is -0.456. The van der Waals surface area contributed by atoms with Crippen LogP contribution >= 0.6 is 12.6 Å². The Morgan fingerprint density at radius 1 is 1.50 bits per heavy atom. The van der Waals surface area contributed by atoms with Crippen LogP contribution in [0.4, 0.5) is 0 Å². The highest BCUT2D eigenvalue weighted by Crippen LogP contribution is 2.10. The lowest BCUT2D eigenvalue weighted by atomic mass is 10.2. The van der Waals surface area contributed by atoms with E-state index in [1.807, 2.05) is 0 Å². The Labute approximate surface area is 66.7 Å². The lowest BCUT2D eigenvalue weighted by molar-refractivity contribution is -0.148. The molecule has 0 heterocycles. The number of hydrogen-bond donors (Lipinski definition) is 1. The van der Waals surface area contributed by atoms with Crippen molar-refractivity contribution in [1.29, 1.82) is 0 Å². The molecule has 0 aromatic carbocycles.